The number of carbonyl (C=O) groups is 2. The SMILES string of the molecule is O=C(COC(=O)C1CCN(S(=O)(=O)c2cccnc2)CC1)NCCc1ccc(F)cc1. The van der Waals surface area contributed by atoms with E-state index in [9.17, 15) is 22.4 Å². The Morgan fingerprint density at radius 2 is 1.87 bits per heavy atom. The second-order valence-electron chi connectivity index (χ2n) is 7.20. The molecule has 2 heterocycles. The van der Waals surface area contributed by atoms with Crippen molar-refractivity contribution in [1.82, 2.24) is 14.6 Å². The number of ether oxygens (including phenoxy) is 1. The van der Waals surface area contributed by atoms with Gasteiger partial charge in [-0.25, -0.2) is 12.8 Å². The van der Waals surface area contributed by atoms with Crippen molar-refractivity contribution in [2.75, 3.05) is 26.2 Å². The Kier molecular flexibility index (Phi) is 7.69. The zero-order valence-electron chi connectivity index (χ0n) is 16.9. The van der Waals surface area contributed by atoms with E-state index >= 15 is 0 Å². The third kappa shape index (κ3) is 6.31. The van der Waals surface area contributed by atoms with Gasteiger partial charge in [0.1, 0.15) is 10.7 Å². The summed E-state index contributed by atoms with van der Waals surface area (Å²) < 4.78 is 44.5. The predicted molar refractivity (Wildman–Crippen MR) is 110 cm³/mol. The van der Waals surface area contributed by atoms with Crippen LogP contribution >= 0.6 is 0 Å². The lowest BCUT2D eigenvalue weighted by molar-refractivity contribution is -0.153. The number of pyridine rings is 1. The molecule has 1 fully saturated rings. The van der Waals surface area contributed by atoms with Crippen molar-refractivity contribution in [3.63, 3.8) is 0 Å². The molecule has 31 heavy (non-hydrogen) atoms. The molecule has 3 rings (SSSR count). The number of aromatic nitrogens is 1. The fraction of sp³-hybridized carbons (Fsp3) is 0.381. The summed E-state index contributed by atoms with van der Waals surface area (Å²) in [6.07, 6.45) is 3.98. The number of hydrogen-bond acceptors (Lipinski definition) is 6. The standard InChI is InChI=1S/C21H24FN3O5S/c22-18-5-3-16(4-6-18)7-11-24-20(26)15-30-21(27)17-8-12-25(13-9-17)31(28,29)19-2-1-10-23-14-19/h1-6,10,14,17H,7-9,11-13,15H2,(H,24,26). The number of rotatable bonds is 8. The Balaban J connectivity index is 1.38. The van der Waals surface area contributed by atoms with E-state index < -0.39 is 34.4 Å². The van der Waals surface area contributed by atoms with Crippen LogP contribution in [0.2, 0.25) is 0 Å². The number of sulfonamides is 1. The van der Waals surface area contributed by atoms with Gasteiger partial charge in [-0.3, -0.25) is 14.6 Å². The minimum absolute atomic E-state index is 0.119. The highest BCUT2D eigenvalue weighted by Gasteiger charge is 2.33. The number of carbonyl (C=O) groups excluding carboxylic acids is 2. The Hall–Kier alpha value is -2.85. The largest absolute Gasteiger partial charge is 0.455 e. The summed E-state index contributed by atoms with van der Waals surface area (Å²) in [5.41, 5.74) is 0.881. The number of piperidine rings is 1. The van der Waals surface area contributed by atoms with Gasteiger partial charge in [0, 0.05) is 32.0 Å². The number of benzene rings is 1. The smallest absolute Gasteiger partial charge is 0.309 e. The van der Waals surface area contributed by atoms with E-state index in [1.807, 2.05) is 0 Å². The Labute approximate surface area is 180 Å². The summed E-state index contributed by atoms with van der Waals surface area (Å²) in [7, 11) is -3.64. The lowest BCUT2D eigenvalue weighted by Gasteiger charge is -2.29. The van der Waals surface area contributed by atoms with E-state index in [0.717, 1.165) is 5.56 Å². The van der Waals surface area contributed by atoms with E-state index in [0.29, 0.717) is 25.8 Å². The van der Waals surface area contributed by atoms with Crippen molar-refractivity contribution in [3.8, 4) is 0 Å². The van der Waals surface area contributed by atoms with Gasteiger partial charge in [-0.15, -0.1) is 0 Å². The fourth-order valence-electron chi connectivity index (χ4n) is 3.28. The highest BCUT2D eigenvalue weighted by Crippen LogP contribution is 2.24. The molecule has 0 atom stereocenters. The van der Waals surface area contributed by atoms with E-state index in [2.05, 4.69) is 10.3 Å². The number of halogens is 1. The first-order chi connectivity index (χ1) is 14.9. The number of nitrogens with zero attached hydrogens (tertiary/aromatic N) is 2. The highest BCUT2D eigenvalue weighted by molar-refractivity contribution is 7.89. The van der Waals surface area contributed by atoms with Gasteiger partial charge in [0.15, 0.2) is 6.61 Å². The first kappa shape index (κ1) is 22.8. The van der Waals surface area contributed by atoms with E-state index in [4.69, 9.17) is 4.74 Å². The molecule has 1 amide bonds. The third-order valence-electron chi connectivity index (χ3n) is 5.05. The fourth-order valence-corrected chi connectivity index (χ4v) is 4.72. The summed E-state index contributed by atoms with van der Waals surface area (Å²) in [6, 6.07) is 9.03. The van der Waals surface area contributed by atoms with Crippen LogP contribution in [0.4, 0.5) is 4.39 Å². The Bertz CT molecular complexity index is 991. The molecule has 8 nitrogen and oxygen atoms in total. The minimum atomic E-state index is -3.64. The molecule has 1 saturated heterocycles. The van der Waals surface area contributed by atoms with Gasteiger partial charge in [-0.2, -0.15) is 4.31 Å². The summed E-state index contributed by atoms with van der Waals surface area (Å²) >= 11 is 0. The lowest BCUT2D eigenvalue weighted by Crippen LogP contribution is -2.41. The molecular weight excluding hydrogens is 425 g/mol. The topological polar surface area (TPSA) is 106 Å². The first-order valence-electron chi connectivity index (χ1n) is 9.94. The van der Waals surface area contributed by atoms with Gasteiger partial charge in [-0.1, -0.05) is 12.1 Å². The molecule has 1 aliphatic rings. The molecule has 0 radical (unpaired) electrons. The zero-order chi connectivity index (χ0) is 22.3. The number of hydrogen-bond donors (Lipinski definition) is 1. The highest BCUT2D eigenvalue weighted by atomic mass is 32.2. The van der Waals surface area contributed by atoms with Gasteiger partial charge in [0.2, 0.25) is 10.0 Å². The second kappa shape index (κ2) is 10.5. The van der Waals surface area contributed by atoms with Crippen LogP contribution < -0.4 is 5.32 Å². The maximum absolute atomic E-state index is 12.9. The van der Waals surface area contributed by atoms with Crippen LogP contribution in [0.5, 0.6) is 0 Å². The van der Waals surface area contributed by atoms with Crippen molar-refractivity contribution >= 4 is 21.9 Å². The average Bonchev–Trinajstić information content (AvgIpc) is 2.79. The van der Waals surface area contributed by atoms with E-state index in [1.165, 1.54) is 34.9 Å². The summed E-state index contributed by atoms with van der Waals surface area (Å²) in [5.74, 6) is -1.70. The van der Waals surface area contributed by atoms with Crippen LogP contribution in [-0.2, 0) is 30.8 Å². The molecule has 0 bridgehead atoms. The van der Waals surface area contributed by atoms with Gasteiger partial charge < -0.3 is 10.1 Å². The third-order valence-corrected chi connectivity index (χ3v) is 6.94. The normalized spacial score (nSPS) is 15.4. The first-order valence-corrected chi connectivity index (χ1v) is 11.4. The maximum atomic E-state index is 12.9. The van der Waals surface area contributed by atoms with Crippen molar-refractivity contribution in [1.29, 1.82) is 0 Å². The van der Waals surface area contributed by atoms with Gasteiger partial charge >= 0.3 is 5.97 Å². The van der Waals surface area contributed by atoms with Crippen LogP contribution in [0.3, 0.4) is 0 Å². The number of nitrogens with one attached hydrogen (secondary N) is 1. The van der Waals surface area contributed by atoms with Crippen LogP contribution in [0, 0.1) is 11.7 Å². The quantitative estimate of drug-likeness (QED) is 0.613. The van der Waals surface area contributed by atoms with Gasteiger partial charge in [0.25, 0.3) is 5.91 Å². The average molecular weight is 450 g/mol. The number of amides is 1. The van der Waals surface area contributed by atoms with Crippen LogP contribution in [-0.4, -0.2) is 55.8 Å². The van der Waals surface area contributed by atoms with Crippen LogP contribution in [0.15, 0.2) is 53.7 Å². The molecule has 1 aromatic heterocycles. The Morgan fingerprint density at radius 1 is 1.16 bits per heavy atom. The van der Waals surface area contributed by atoms with E-state index in [-0.39, 0.29) is 23.8 Å². The second-order valence-corrected chi connectivity index (χ2v) is 9.14. The zero-order valence-corrected chi connectivity index (χ0v) is 17.7. The molecule has 2 aromatic rings. The molecule has 10 heteroatoms. The van der Waals surface area contributed by atoms with Gasteiger partial charge in [0.05, 0.1) is 5.92 Å². The van der Waals surface area contributed by atoms with Crippen molar-refractivity contribution < 1.29 is 27.1 Å². The molecule has 0 unspecified atom stereocenters. The van der Waals surface area contributed by atoms with Gasteiger partial charge in [-0.05, 0) is 49.1 Å². The molecular formula is C21H24FN3O5S. The molecule has 1 aromatic carbocycles. The molecule has 1 aliphatic heterocycles. The monoisotopic (exact) mass is 449 g/mol. The minimum Gasteiger partial charge on any atom is -0.455 e. The summed E-state index contributed by atoms with van der Waals surface area (Å²) in [4.78, 5) is 28.1. The van der Waals surface area contributed by atoms with Crippen LogP contribution in [0.25, 0.3) is 0 Å². The van der Waals surface area contributed by atoms with Crippen LogP contribution in [0.1, 0.15) is 18.4 Å². The number of esters is 1. The predicted octanol–water partition coefficient (Wildman–Crippen LogP) is 1.52. The molecule has 166 valence electrons. The Morgan fingerprint density at radius 3 is 2.52 bits per heavy atom. The van der Waals surface area contributed by atoms with Crippen molar-refractivity contribution in [3.05, 3.63) is 60.2 Å². The lowest BCUT2D eigenvalue weighted by atomic mass is 9.98. The van der Waals surface area contributed by atoms with E-state index in [1.54, 1.807) is 18.2 Å². The van der Waals surface area contributed by atoms with Crippen molar-refractivity contribution in [2.24, 2.45) is 5.92 Å². The molecule has 0 aliphatic carbocycles. The summed E-state index contributed by atoms with van der Waals surface area (Å²) in [5, 5.41) is 2.65. The molecule has 1 N–H and O–H groups in total. The molecule has 0 saturated carbocycles. The van der Waals surface area contributed by atoms with Crippen molar-refractivity contribution in [2.45, 2.75) is 24.2 Å². The summed E-state index contributed by atoms with van der Waals surface area (Å²) in [6.45, 7) is 0.338. The molecule has 0 spiro atoms. The maximum Gasteiger partial charge on any atom is 0.309 e.